The lowest BCUT2D eigenvalue weighted by atomic mass is 9.49. The molecule has 1 heterocycles. The SMILES string of the molecule is CC(=O)OC1CCC2(C)C(=CCC3C4=CC=C(c5cnccc5C)C4(C)CCC32)C1. The number of rotatable bonds is 2. The lowest BCUT2D eigenvalue weighted by Crippen LogP contribution is -2.47. The Morgan fingerprint density at radius 3 is 2.80 bits per heavy atom. The molecule has 0 aliphatic heterocycles. The smallest absolute Gasteiger partial charge is 0.302 e. The van der Waals surface area contributed by atoms with E-state index < -0.39 is 0 Å². The number of aryl methyl sites for hydroxylation is 1. The van der Waals surface area contributed by atoms with Gasteiger partial charge in [0.05, 0.1) is 0 Å². The van der Waals surface area contributed by atoms with Crippen molar-refractivity contribution < 1.29 is 9.53 Å². The molecule has 4 aliphatic rings. The molecule has 1 aromatic heterocycles. The molecule has 0 aromatic carbocycles. The summed E-state index contributed by atoms with van der Waals surface area (Å²) in [4.78, 5) is 15.9. The van der Waals surface area contributed by atoms with Crippen molar-refractivity contribution in [3.8, 4) is 0 Å². The maximum atomic E-state index is 11.5. The van der Waals surface area contributed by atoms with Gasteiger partial charge in [0.15, 0.2) is 0 Å². The van der Waals surface area contributed by atoms with Crippen LogP contribution >= 0.6 is 0 Å². The van der Waals surface area contributed by atoms with Gasteiger partial charge in [0, 0.05) is 31.2 Å². The van der Waals surface area contributed by atoms with Crippen LogP contribution < -0.4 is 0 Å². The molecule has 0 bridgehead atoms. The molecule has 1 aromatic rings. The van der Waals surface area contributed by atoms with Crippen LogP contribution in [0.2, 0.25) is 0 Å². The molecule has 0 N–H and O–H groups in total. The third-order valence-corrected chi connectivity index (χ3v) is 8.77. The Hall–Kier alpha value is -2.16. The quantitative estimate of drug-likeness (QED) is 0.436. The van der Waals surface area contributed by atoms with Crippen LogP contribution in [-0.2, 0) is 9.53 Å². The Labute approximate surface area is 180 Å². The van der Waals surface area contributed by atoms with E-state index in [4.69, 9.17) is 4.74 Å². The standard InChI is InChI=1S/C27H33NO2/c1-17-11-14-28-16-22(17)24-8-7-23-21-6-5-19-15-20(30-18(2)29)9-12-26(19,3)25(21)10-13-27(23,24)4/h5,7-8,11,14,16,20-21,25H,6,9-10,12-13,15H2,1-4H3. The zero-order chi connectivity index (χ0) is 21.1. The molecule has 4 aliphatic carbocycles. The average Bonchev–Trinajstić information content (AvgIpc) is 3.05. The van der Waals surface area contributed by atoms with Crippen LogP contribution in [0.3, 0.4) is 0 Å². The molecular formula is C27H33NO2. The first-order valence-electron chi connectivity index (χ1n) is 11.5. The van der Waals surface area contributed by atoms with Gasteiger partial charge in [-0.3, -0.25) is 9.78 Å². The van der Waals surface area contributed by atoms with Crippen LogP contribution in [0, 0.1) is 29.6 Å². The Balaban J connectivity index is 1.43. The van der Waals surface area contributed by atoms with Gasteiger partial charge in [-0.25, -0.2) is 0 Å². The third kappa shape index (κ3) is 2.85. The molecule has 0 saturated heterocycles. The summed E-state index contributed by atoms with van der Waals surface area (Å²) < 4.78 is 5.58. The molecular weight excluding hydrogens is 370 g/mol. The molecule has 0 radical (unpaired) electrons. The Morgan fingerprint density at radius 1 is 1.20 bits per heavy atom. The summed E-state index contributed by atoms with van der Waals surface area (Å²) in [5, 5.41) is 0. The first-order chi connectivity index (χ1) is 14.3. The van der Waals surface area contributed by atoms with Crippen molar-refractivity contribution in [3.63, 3.8) is 0 Å². The Morgan fingerprint density at radius 2 is 2.03 bits per heavy atom. The second kappa shape index (κ2) is 6.93. The number of pyridine rings is 1. The van der Waals surface area contributed by atoms with Crippen molar-refractivity contribution in [3.05, 3.63) is 59.0 Å². The number of carbonyl (C=O) groups is 1. The second-order valence-corrected chi connectivity index (χ2v) is 10.3. The van der Waals surface area contributed by atoms with Gasteiger partial charge in [-0.2, -0.15) is 0 Å². The maximum absolute atomic E-state index is 11.5. The number of aromatic nitrogens is 1. The van der Waals surface area contributed by atoms with Gasteiger partial charge in [0.1, 0.15) is 6.10 Å². The number of ether oxygens (including phenoxy) is 1. The number of carbonyl (C=O) groups excluding carboxylic acids is 1. The number of allylic oxidation sites excluding steroid dienone is 5. The predicted octanol–water partition coefficient (Wildman–Crippen LogP) is 6.20. The summed E-state index contributed by atoms with van der Waals surface area (Å²) in [7, 11) is 0. The van der Waals surface area contributed by atoms with E-state index in [1.165, 1.54) is 36.5 Å². The van der Waals surface area contributed by atoms with Gasteiger partial charge in [0.2, 0.25) is 0 Å². The highest BCUT2D eigenvalue weighted by Crippen LogP contribution is 2.65. The van der Waals surface area contributed by atoms with E-state index in [9.17, 15) is 4.79 Å². The van der Waals surface area contributed by atoms with Crippen molar-refractivity contribution in [2.45, 2.75) is 72.3 Å². The minimum Gasteiger partial charge on any atom is -0.462 e. The number of hydrogen-bond donors (Lipinski definition) is 0. The highest BCUT2D eigenvalue weighted by molar-refractivity contribution is 5.79. The summed E-state index contributed by atoms with van der Waals surface area (Å²) in [6, 6.07) is 2.13. The van der Waals surface area contributed by atoms with Gasteiger partial charge in [-0.15, -0.1) is 0 Å². The van der Waals surface area contributed by atoms with Gasteiger partial charge in [-0.05, 0) is 79.0 Å². The van der Waals surface area contributed by atoms with E-state index in [0.717, 1.165) is 25.7 Å². The van der Waals surface area contributed by atoms with Gasteiger partial charge < -0.3 is 4.74 Å². The molecule has 5 rings (SSSR count). The van der Waals surface area contributed by atoms with Crippen molar-refractivity contribution in [2.75, 3.05) is 0 Å². The number of fused-ring (bicyclic) bond motifs is 5. The molecule has 0 amide bonds. The summed E-state index contributed by atoms with van der Waals surface area (Å²) >= 11 is 0. The van der Waals surface area contributed by atoms with Crippen LogP contribution in [0.25, 0.3) is 5.57 Å². The largest absolute Gasteiger partial charge is 0.462 e. The zero-order valence-electron chi connectivity index (χ0n) is 18.7. The van der Waals surface area contributed by atoms with E-state index in [1.807, 2.05) is 12.4 Å². The fraction of sp³-hybridized carbons (Fsp3) is 0.556. The molecule has 5 atom stereocenters. The predicted molar refractivity (Wildman–Crippen MR) is 120 cm³/mol. The number of nitrogens with zero attached hydrogens (tertiary/aromatic N) is 1. The summed E-state index contributed by atoms with van der Waals surface area (Å²) in [6.45, 7) is 8.67. The molecule has 0 spiro atoms. The highest BCUT2D eigenvalue weighted by atomic mass is 16.5. The average molecular weight is 404 g/mol. The molecule has 158 valence electrons. The molecule has 3 nitrogen and oxygen atoms in total. The third-order valence-electron chi connectivity index (χ3n) is 8.77. The fourth-order valence-corrected chi connectivity index (χ4v) is 7.10. The summed E-state index contributed by atoms with van der Waals surface area (Å²) in [5.41, 5.74) is 7.64. The van der Waals surface area contributed by atoms with E-state index in [1.54, 1.807) is 11.1 Å². The molecule has 5 unspecified atom stereocenters. The topological polar surface area (TPSA) is 39.2 Å². The van der Waals surface area contributed by atoms with E-state index in [2.05, 4.69) is 50.0 Å². The van der Waals surface area contributed by atoms with Gasteiger partial charge in [0.25, 0.3) is 0 Å². The van der Waals surface area contributed by atoms with Crippen LogP contribution in [0.4, 0.5) is 0 Å². The fourth-order valence-electron chi connectivity index (χ4n) is 7.10. The van der Waals surface area contributed by atoms with Crippen molar-refractivity contribution >= 4 is 11.5 Å². The van der Waals surface area contributed by atoms with Crippen LogP contribution in [-0.4, -0.2) is 17.1 Å². The minimum absolute atomic E-state index is 0.0692. The first kappa shape index (κ1) is 19.8. The van der Waals surface area contributed by atoms with Crippen molar-refractivity contribution in [1.82, 2.24) is 4.98 Å². The normalized spacial score (nSPS) is 37.2. The van der Waals surface area contributed by atoms with Crippen molar-refractivity contribution in [1.29, 1.82) is 0 Å². The maximum Gasteiger partial charge on any atom is 0.302 e. The van der Waals surface area contributed by atoms with Gasteiger partial charge >= 0.3 is 5.97 Å². The van der Waals surface area contributed by atoms with Gasteiger partial charge in [-0.1, -0.05) is 43.2 Å². The summed E-state index contributed by atoms with van der Waals surface area (Å²) in [6.07, 6.45) is 18.0. The number of hydrogen-bond acceptors (Lipinski definition) is 3. The Kier molecular flexibility index (Phi) is 4.57. The van der Waals surface area contributed by atoms with E-state index >= 15 is 0 Å². The lowest BCUT2D eigenvalue weighted by Gasteiger charge is -2.56. The molecule has 2 fully saturated rings. The lowest BCUT2D eigenvalue weighted by molar-refractivity contribution is -0.148. The van der Waals surface area contributed by atoms with E-state index in [-0.39, 0.29) is 22.9 Å². The first-order valence-corrected chi connectivity index (χ1v) is 11.5. The Bertz CT molecular complexity index is 986. The second-order valence-electron chi connectivity index (χ2n) is 10.3. The monoisotopic (exact) mass is 403 g/mol. The zero-order valence-corrected chi connectivity index (χ0v) is 18.7. The van der Waals surface area contributed by atoms with Crippen LogP contribution in [0.15, 0.2) is 47.8 Å². The molecule has 30 heavy (non-hydrogen) atoms. The number of esters is 1. The van der Waals surface area contributed by atoms with E-state index in [0.29, 0.717) is 11.8 Å². The van der Waals surface area contributed by atoms with Crippen LogP contribution in [0.1, 0.15) is 70.4 Å². The molecule has 2 saturated carbocycles. The van der Waals surface area contributed by atoms with Crippen molar-refractivity contribution in [2.24, 2.45) is 22.7 Å². The summed E-state index contributed by atoms with van der Waals surface area (Å²) in [5.74, 6) is 1.16. The minimum atomic E-state index is -0.147. The highest BCUT2D eigenvalue weighted by Gasteiger charge is 2.54. The molecule has 3 heteroatoms. The van der Waals surface area contributed by atoms with Crippen LogP contribution in [0.5, 0.6) is 0 Å².